The van der Waals surface area contributed by atoms with Crippen LogP contribution in [0.25, 0.3) is 0 Å². The minimum absolute atomic E-state index is 0.0845. The second kappa shape index (κ2) is 8.75. The topological polar surface area (TPSA) is 95.3 Å². The highest BCUT2D eigenvalue weighted by Gasteiger charge is 2.18. The van der Waals surface area contributed by atoms with Crippen LogP contribution >= 0.6 is 0 Å². The van der Waals surface area contributed by atoms with Crippen molar-refractivity contribution in [3.8, 4) is 11.5 Å². The van der Waals surface area contributed by atoms with E-state index in [1.165, 1.54) is 18.3 Å². The maximum atomic E-state index is 12.7. The van der Waals surface area contributed by atoms with Crippen molar-refractivity contribution in [1.29, 1.82) is 0 Å². The number of sulfonamides is 1. The Kier molecular flexibility index (Phi) is 6.15. The zero-order valence-electron chi connectivity index (χ0n) is 15.7. The highest BCUT2D eigenvalue weighted by Crippen LogP contribution is 2.31. The van der Waals surface area contributed by atoms with Crippen LogP contribution in [0.4, 0.5) is 5.69 Å². The van der Waals surface area contributed by atoms with Crippen LogP contribution < -0.4 is 14.2 Å². The lowest BCUT2D eigenvalue weighted by atomic mass is 10.3. The van der Waals surface area contributed by atoms with Crippen LogP contribution in [0.2, 0.25) is 0 Å². The fourth-order valence-corrected chi connectivity index (χ4v) is 3.63. The van der Waals surface area contributed by atoms with E-state index in [1.54, 1.807) is 29.3 Å². The fourth-order valence-electron chi connectivity index (χ4n) is 2.59. The van der Waals surface area contributed by atoms with E-state index in [0.29, 0.717) is 36.9 Å². The highest BCUT2D eigenvalue weighted by atomic mass is 32.2. The standard InChI is InChI=1S/C19H22N4O4S/c1-3-26-18-6-5-17(11-19(18)27-4-2)28(24,25)22-16-12-21-23(14-16)13-15-7-9-20-10-8-15/h5-12,14,22H,3-4,13H2,1-2H3. The first-order valence-electron chi connectivity index (χ1n) is 8.85. The summed E-state index contributed by atoms with van der Waals surface area (Å²) in [7, 11) is -3.79. The molecule has 8 nitrogen and oxygen atoms in total. The highest BCUT2D eigenvalue weighted by molar-refractivity contribution is 7.92. The maximum absolute atomic E-state index is 12.7. The van der Waals surface area contributed by atoms with E-state index >= 15 is 0 Å². The average Bonchev–Trinajstić information content (AvgIpc) is 3.10. The van der Waals surface area contributed by atoms with Crippen molar-refractivity contribution in [2.75, 3.05) is 17.9 Å². The molecule has 0 radical (unpaired) electrons. The molecule has 1 aromatic carbocycles. The van der Waals surface area contributed by atoms with Crippen molar-refractivity contribution in [2.24, 2.45) is 0 Å². The molecule has 28 heavy (non-hydrogen) atoms. The monoisotopic (exact) mass is 402 g/mol. The second-order valence-electron chi connectivity index (χ2n) is 5.86. The number of hydrogen-bond acceptors (Lipinski definition) is 6. The molecular formula is C19H22N4O4S. The van der Waals surface area contributed by atoms with Gasteiger partial charge >= 0.3 is 0 Å². The Morgan fingerprint density at radius 2 is 1.75 bits per heavy atom. The molecular weight excluding hydrogens is 380 g/mol. The summed E-state index contributed by atoms with van der Waals surface area (Å²) in [6.45, 7) is 5.06. The smallest absolute Gasteiger partial charge is 0.262 e. The largest absolute Gasteiger partial charge is 0.490 e. The van der Waals surface area contributed by atoms with E-state index in [9.17, 15) is 8.42 Å². The van der Waals surface area contributed by atoms with Crippen LogP contribution in [0.3, 0.4) is 0 Å². The van der Waals surface area contributed by atoms with Gasteiger partial charge in [0, 0.05) is 24.7 Å². The summed E-state index contributed by atoms with van der Waals surface area (Å²) in [6, 6.07) is 8.28. The van der Waals surface area contributed by atoms with Gasteiger partial charge in [-0.25, -0.2) is 8.42 Å². The summed E-state index contributed by atoms with van der Waals surface area (Å²) in [5.74, 6) is 0.897. The van der Waals surface area contributed by atoms with Crippen LogP contribution in [-0.4, -0.2) is 36.4 Å². The summed E-state index contributed by atoms with van der Waals surface area (Å²) in [5.41, 5.74) is 1.39. The summed E-state index contributed by atoms with van der Waals surface area (Å²) >= 11 is 0. The molecule has 3 rings (SSSR count). The van der Waals surface area contributed by atoms with Crippen molar-refractivity contribution >= 4 is 15.7 Å². The predicted molar refractivity (Wildman–Crippen MR) is 105 cm³/mol. The molecule has 3 aromatic rings. The number of benzene rings is 1. The van der Waals surface area contributed by atoms with Gasteiger partial charge in [0.1, 0.15) is 0 Å². The lowest BCUT2D eigenvalue weighted by Gasteiger charge is -2.13. The number of nitrogens with one attached hydrogen (secondary N) is 1. The van der Waals surface area contributed by atoms with Crippen LogP contribution in [0.5, 0.6) is 11.5 Å². The molecule has 0 unspecified atom stereocenters. The van der Waals surface area contributed by atoms with Crippen LogP contribution in [0.1, 0.15) is 19.4 Å². The number of rotatable bonds is 9. The van der Waals surface area contributed by atoms with Gasteiger partial charge in [-0.2, -0.15) is 5.10 Å². The van der Waals surface area contributed by atoms with Gasteiger partial charge in [0.25, 0.3) is 10.0 Å². The first-order valence-corrected chi connectivity index (χ1v) is 10.3. The van der Waals surface area contributed by atoms with Gasteiger partial charge in [-0.3, -0.25) is 14.4 Å². The zero-order chi connectivity index (χ0) is 20.0. The third-order valence-corrected chi connectivity index (χ3v) is 5.18. The SMILES string of the molecule is CCOc1ccc(S(=O)(=O)Nc2cnn(Cc3ccncc3)c2)cc1OCC. The summed E-state index contributed by atoms with van der Waals surface area (Å²) < 4.78 is 40.7. The molecule has 0 saturated heterocycles. The summed E-state index contributed by atoms with van der Waals surface area (Å²) in [4.78, 5) is 4.06. The van der Waals surface area contributed by atoms with E-state index in [4.69, 9.17) is 9.47 Å². The van der Waals surface area contributed by atoms with Crippen molar-refractivity contribution < 1.29 is 17.9 Å². The zero-order valence-corrected chi connectivity index (χ0v) is 16.5. The van der Waals surface area contributed by atoms with Gasteiger partial charge in [-0.1, -0.05) is 0 Å². The van der Waals surface area contributed by atoms with Crippen molar-refractivity contribution in [1.82, 2.24) is 14.8 Å². The number of aromatic nitrogens is 3. The van der Waals surface area contributed by atoms with E-state index < -0.39 is 10.0 Å². The number of pyridine rings is 1. The molecule has 0 aliphatic carbocycles. The molecule has 0 fully saturated rings. The van der Waals surface area contributed by atoms with E-state index in [0.717, 1.165) is 5.56 Å². The quantitative estimate of drug-likeness (QED) is 0.591. The van der Waals surface area contributed by atoms with Gasteiger partial charge in [0.2, 0.25) is 0 Å². The molecule has 0 amide bonds. The Morgan fingerprint density at radius 3 is 2.46 bits per heavy atom. The normalized spacial score (nSPS) is 11.2. The molecule has 0 aliphatic rings. The van der Waals surface area contributed by atoms with Gasteiger partial charge in [-0.05, 0) is 43.7 Å². The Labute approximate surface area is 164 Å². The van der Waals surface area contributed by atoms with Crippen molar-refractivity contribution in [3.05, 3.63) is 60.7 Å². The number of anilines is 1. The Hall–Kier alpha value is -3.07. The molecule has 0 atom stereocenters. The molecule has 1 N–H and O–H groups in total. The fraction of sp³-hybridized carbons (Fsp3) is 0.263. The number of ether oxygens (including phenoxy) is 2. The summed E-state index contributed by atoms with van der Waals surface area (Å²) in [5, 5.41) is 4.20. The molecule has 2 heterocycles. The third kappa shape index (κ3) is 4.80. The lowest BCUT2D eigenvalue weighted by molar-refractivity contribution is 0.287. The molecule has 9 heteroatoms. The van der Waals surface area contributed by atoms with Crippen LogP contribution in [0.15, 0.2) is 60.0 Å². The Bertz CT molecular complexity index is 1020. The first kappa shape index (κ1) is 19.7. The molecule has 148 valence electrons. The molecule has 0 spiro atoms. The van der Waals surface area contributed by atoms with Crippen molar-refractivity contribution in [2.45, 2.75) is 25.3 Å². The minimum atomic E-state index is -3.79. The van der Waals surface area contributed by atoms with Gasteiger partial charge in [0.15, 0.2) is 11.5 Å². The van der Waals surface area contributed by atoms with Gasteiger partial charge in [-0.15, -0.1) is 0 Å². The third-order valence-electron chi connectivity index (χ3n) is 3.80. The molecule has 0 aliphatic heterocycles. The first-order chi connectivity index (χ1) is 13.5. The molecule has 0 saturated carbocycles. The Balaban J connectivity index is 1.77. The van der Waals surface area contributed by atoms with Crippen molar-refractivity contribution in [3.63, 3.8) is 0 Å². The lowest BCUT2D eigenvalue weighted by Crippen LogP contribution is -2.13. The van der Waals surface area contributed by atoms with Gasteiger partial charge < -0.3 is 9.47 Å². The molecule has 0 bridgehead atoms. The predicted octanol–water partition coefficient (Wildman–Crippen LogP) is 2.92. The number of hydrogen-bond donors (Lipinski definition) is 1. The summed E-state index contributed by atoms with van der Waals surface area (Å²) in [6.07, 6.45) is 6.50. The van der Waals surface area contributed by atoms with Gasteiger partial charge in [0.05, 0.1) is 36.5 Å². The second-order valence-corrected chi connectivity index (χ2v) is 7.54. The number of nitrogens with zero attached hydrogens (tertiary/aromatic N) is 3. The minimum Gasteiger partial charge on any atom is -0.490 e. The molecule has 2 aromatic heterocycles. The van der Waals surface area contributed by atoms with E-state index in [1.807, 2.05) is 26.0 Å². The Morgan fingerprint density at radius 1 is 1.04 bits per heavy atom. The van der Waals surface area contributed by atoms with E-state index in [2.05, 4.69) is 14.8 Å². The maximum Gasteiger partial charge on any atom is 0.262 e. The average molecular weight is 402 g/mol. The van der Waals surface area contributed by atoms with E-state index in [-0.39, 0.29) is 4.90 Å². The van der Waals surface area contributed by atoms with Crippen LogP contribution in [0, 0.1) is 0 Å². The van der Waals surface area contributed by atoms with Crippen LogP contribution in [-0.2, 0) is 16.6 Å².